The molecule has 16 aromatic rings. The van der Waals surface area contributed by atoms with Crippen molar-refractivity contribution in [3.8, 4) is 83.9 Å². The first-order valence-corrected chi connectivity index (χ1v) is 39.7. The van der Waals surface area contributed by atoms with Crippen molar-refractivity contribution in [3.05, 3.63) is 421 Å². The molecule has 2 aliphatic rings. The van der Waals surface area contributed by atoms with Crippen molar-refractivity contribution in [3.63, 3.8) is 0 Å². The summed E-state index contributed by atoms with van der Waals surface area (Å²) < 4.78 is 15.1. The predicted molar refractivity (Wildman–Crippen MR) is 471 cm³/mol. The van der Waals surface area contributed by atoms with E-state index < -0.39 is 0 Å². The van der Waals surface area contributed by atoms with Gasteiger partial charge in [0.05, 0.1) is 24.2 Å². The lowest BCUT2D eigenvalue weighted by Gasteiger charge is -2.33. The molecule has 18 rings (SSSR count). The lowest BCUT2D eigenvalue weighted by atomic mass is 9.69. The standard InChI is InChI=1S/C108H90N2O2/c1-6-75-35-59-92(60-36-75)111-69-23-21-67-107(86-25-11-8-12-26-86)100-33-19-17-31-94(100)96-63-47-83(73-102(96)107)79-43-55-90(56-44-79)109(89-53-41-78(42-54-89)82-50-66-105-99(72-82)98-71-81(77-39-51-85(52-40-77)106(3,4)5)49-65-104(98)110(105)88-29-15-10-16-30-88)91-57-45-80(46-58-91)84-48-64-97-95-32-18-20-34-101(95)108(103(97)74-84,87-27-13-9-14-28-87)68-22-24-70-112-93-61-37-76(7-2)38-62-93/h6-20,25-66,71-74H,1-2,21-24,67-70H2,3-5H3. The second-order valence-electron chi connectivity index (χ2n) is 31.3. The number of fused-ring (bicyclic) bond motifs is 9. The van der Waals surface area contributed by atoms with Gasteiger partial charge in [0.2, 0.25) is 0 Å². The topological polar surface area (TPSA) is 26.6 Å². The Hall–Kier alpha value is -13.0. The number of hydrogen-bond donors (Lipinski definition) is 0. The van der Waals surface area contributed by atoms with Crippen LogP contribution in [-0.2, 0) is 16.2 Å². The summed E-state index contributed by atoms with van der Waals surface area (Å²) in [6.07, 6.45) is 9.43. The van der Waals surface area contributed by atoms with Gasteiger partial charge in [-0.25, -0.2) is 0 Å². The average Bonchev–Trinajstić information content (AvgIpc) is 1.58. The monoisotopic (exact) mass is 1450 g/mol. The predicted octanol–water partition coefficient (Wildman–Crippen LogP) is 28.6. The van der Waals surface area contributed by atoms with Crippen LogP contribution in [0.2, 0.25) is 0 Å². The summed E-state index contributed by atoms with van der Waals surface area (Å²) in [6, 6.07) is 133. The van der Waals surface area contributed by atoms with Gasteiger partial charge in [-0.15, -0.1) is 0 Å². The van der Waals surface area contributed by atoms with Gasteiger partial charge in [0, 0.05) is 44.4 Å². The van der Waals surface area contributed by atoms with Gasteiger partial charge in [0.1, 0.15) is 11.5 Å². The number of anilines is 3. The van der Waals surface area contributed by atoms with E-state index in [1.807, 2.05) is 36.4 Å². The number of rotatable bonds is 24. The second kappa shape index (κ2) is 30.1. The third-order valence-electron chi connectivity index (χ3n) is 23.7. The molecule has 0 aliphatic heterocycles. The minimum absolute atomic E-state index is 0.0712. The Morgan fingerprint density at radius 3 is 1.05 bits per heavy atom. The lowest BCUT2D eigenvalue weighted by Crippen LogP contribution is -2.27. The Bertz CT molecular complexity index is 5850. The summed E-state index contributed by atoms with van der Waals surface area (Å²) in [6.45, 7) is 16.0. The number of nitrogens with zero attached hydrogens (tertiary/aromatic N) is 2. The fourth-order valence-corrected chi connectivity index (χ4v) is 18.0. The van der Waals surface area contributed by atoms with Gasteiger partial charge in [0.15, 0.2) is 0 Å². The summed E-state index contributed by atoms with van der Waals surface area (Å²) in [5.41, 5.74) is 32.2. The second-order valence-corrected chi connectivity index (χ2v) is 31.3. The molecule has 0 amide bonds. The molecule has 1 heterocycles. The number of aromatic nitrogens is 1. The van der Waals surface area contributed by atoms with Gasteiger partial charge in [0.25, 0.3) is 0 Å². The maximum Gasteiger partial charge on any atom is 0.119 e. The molecule has 4 nitrogen and oxygen atoms in total. The molecular weight excluding hydrogens is 1360 g/mol. The quantitative estimate of drug-likeness (QED) is 0.0564. The van der Waals surface area contributed by atoms with E-state index in [1.54, 1.807) is 0 Å². The van der Waals surface area contributed by atoms with Crippen molar-refractivity contribution < 1.29 is 9.47 Å². The molecule has 15 aromatic carbocycles. The average molecular weight is 1450 g/mol. The molecule has 0 radical (unpaired) electrons. The molecule has 1 aromatic heterocycles. The van der Waals surface area contributed by atoms with Crippen molar-refractivity contribution in [2.45, 2.75) is 75.5 Å². The van der Waals surface area contributed by atoms with Crippen LogP contribution < -0.4 is 14.4 Å². The lowest BCUT2D eigenvalue weighted by molar-refractivity contribution is 0.301. The SMILES string of the molecule is C=Cc1ccc(OCCCCC2(c3ccccc3)c3ccccc3-c3ccc(-c4ccc(N(c5ccc(-c6ccc7c(c6)C(CCCCOc6ccc(C=C)cc6)(c6ccccc6)c6ccccc6-7)cc5)c5ccc(-c6ccc7c(c6)c6cc(-c8ccc(C(C)(C)C)cc8)ccc6n7-c6ccccc6)cc5)cc4)cc32)cc1. The van der Waals surface area contributed by atoms with E-state index in [0.29, 0.717) is 13.2 Å². The molecule has 0 fully saturated rings. The van der Waals surface area contributed by atoms with Crippen LogP contribution in [-0.4, -0.2) is 17.8 Å². The Morgan fingerprint density at radius 1 is 0.321 bits per heavy atom. The largest absolute Gasteiger partial charge is 0.494 e. The molecule has 2 aliphatic carbocycles. The van der Waals surface area contributed by atoms with Crippen molar-refractivity contribution in [1.82, 2.24) is 4.57 Å². The van der Waals surface area contributed by atoms with Gasteiger partial charge in [-0.1, -0.05) is 295 Å². The van der Waals surface area contributed by atoms with E-state index in [2.05, 4.69) is 377 Å². The maximum absolute atomic E-state index is 6.34. The summed E-state index contributed by atoms with van der Waals surface area (Å²) in [5, 5.41) is 2.44. The summed E-state index contributed by atoms with van der Waals surface area (Å²) in [7, 11) is 0. The van der Waals surface area contributed by atoms with Crippen molar-refractivity contribution in [2.24, 2.45) is 0 Å². The molecule has 0 saturated heterocycles. The normalized spacial score (nSPS) is 14.6. The van der Waals surface area contributed by atoms with Crippen LogP contribution in [0, 0.1) is 0 Å². The van der Waals surface area contributed by atoms with E-state index in [4.69, 9.17) is 9.47 Å². The highest BCUT2D eigenvalue weighted by molar-refractivity contribution is 6.12. The zero-order valence-corrected chi connectivity index (χ0v) is 64.0. The molecule has 2 atom stereocenters. The molecule has 544 valence electrons. The van der Waals surface area contributed by atoms with Crippen LogP contribution >= 0.6 is 0 Å². The summed E-state index contributed by atoms with van der Waals surface area (Å²) in [5.74, 6) is 1.77. The highest BCUT2D eigenvalue weighted by Crippen LogP contribution is 2.58. The van der Waals surface area contributed by atoms with Crippen LogP contribution in [0.3, 0.4) is 0 Å². The first-order valence-electron chi connectivity index (χ1n) is 39.7. The van der Waals surface area contributed by atoms with Crippen LogP contribution in [0.15, 0.2) is 371 Å². The van der Waals surface area contributed by atoms with Gasteiger partial charge in [-0.05, 0) is 270 Å². The van der Waals surface area contributed by atoms with E-state index in [9.17, 15) is 0 Å². The minimum atomic E-state index is -0.356. The number of para-hydroxylation sites is 1. The molecule has 2 unspecified atom stereocenters. The maximum atomic E-state index is 6.34. The molecule has 112 heavy (non-hydrogen) atoms. The fraction of sp³-hybridized carbons (Fsp3) is 0.130. The summed E-state index contributed by atoms with van der Waals surface area (Å²) in [4.78, 5) is 2.42. The smallest absolute Gasteiger partial charge is 0.119 e. The number of ether oxygens (including phenoxy) is 2. The molecule has 0 saturated carbocycles. The third kappa shape index (κ3) is 13.1. The van der Waals surface area contributed by atoms with Gasteiger partial charge >= 0.3 is 0 Å². The van der Waals surface area contributed by atoms with Gasteiger partial charge in [-0.3, -0.25) is 0 Å². The highest BCUT2D eigenvalue weighted by atomic mass is 16.5. The first-order chi connectivity index (χ1) is 55.0. The van der Waals surface area contributed by atoms with Crippen LogP contribution in [0.5, 0.6) is 11.5 Å². The zero-order chi connectivity index (χ0) is 75.8. The highest BCUT2D eigenvalue weighted by Gasteiger charge is 2.46. The molecule has 0 bridgehead atoms. The van der Waals surface area contributed by atoms with Gasteiger partial charge in [-0.2, -0.15) is 0 Å². The van der Waals surface area contributed by atoms with Gasteiger partial charge < -0.3 is 18.9 Å². The molecule has 4 heteroatoms. The summed E-state index contributed by atoms with van der Waals surface area (Å²) >= 11 is 0. The molecule has 0 N–H and O–H groups in total. The minimum Gasteiger partial charge on any atom is -0.494 e. The Kier molecular flexibility index (Phi) is 19.0. The van der Waals surface area contributed by atoms with Crippen LogP contribution in [0.1, 0.15) is 109 Å². The van der Waals surface area contributed by atoms with E-state index in [-0.39, 0.29) is 16.2 Å². The Morgan fingerprint density at radius 2 is 0.661 bits per heavy atom. The Labute approximate surface area is 659 Å². The molecule has 0 spiro atoms. The third-order valence-corrected chi connectivity index (χ3v) is 23.7. The van der Waals surface area contributed by atoms with Crippen molar-refractivity contribution in [2.75, 3.05) is 18.1 Å². The van der Waals surface area contributed by atoms with E-state index in [0.717, 1.165) is 106 Å². The number of hydrogen-bond acceptors (Lipinski definition) is 3. The zero-order valence-electron chi connectivity index (χ0n) is 64.0. The Balaban J connectivity index is 0.702. The fourth-order valence-electron chi connectivity index (χ4n) is 18.0. The molecular formula is C108H90N2O2. The van der Waals surface area contributed by atoms with Crippen LogP contribution in [0.4, 0.5) is 17.1 Å². The van der Waals surface area contributed by atoms with E-state index in [1.165, 1.54) is 105 Å². The first kappa shape index (κ1) is 70.6. The van der Waals surface area contributed by atoms with Crippen LogP contribution in [0.25, 0.3) is 106 Å². The number of unbranched alkanes of at least 4 members (excludes halogenated alkanes) is 2. The van der Waals surface area contributed by atoms with Crippen molar-refractivity contribution in [1.29, 1.82) is 0 Å². The van der Waals surface area contributed by atoms with Crippen molar-refractivity contribution >= 4 is 51.0 Å². The number of benzene rings is 15. The van der Waals surface area contributed by atoms with E-state index >= 15 is 0 Å².